The second kappa shape index (κ2) is 9.00. The van der Waals surface area contributed by atoms with Gasteiger partial charge in [-0.1, -0.05) is 39.0 Å². The fourth-order valence-electron chi connectivity index (χ4n) is 2.27. The summed E-state index contributed by atoms with van der Waals surface area (Å²) >= 11 is 0. The molecule has 0 heterocycles. The largest absolute Gasteiger partial charge is 0.379 e. The van der Waals surface area contributed by atoms with E-state index in [0.717, 1.165) is 13.2 Å². The summed E-state index contributed by atoms with van der Waals surface area (Å²) in [4.78, 5) is 0. The molecule has 0 bridgehead atoms. The Labute approximate surface area is 101 Å². The van der Waals surface area contributed by atoms with Crippen molar-refractivity contribution in [1.82, 2.24) is 0 Å². The fourth-order valence-corrected chi connectivity index (χ4v) is 2.27. The summed E-state index contributed by atoms with van der Waals surface area (Å²) < 4.78 is 11.6. The van der Waals surface area contributed by atoms with Crippen LogP contribution in [-0.4, -0.2) is 25.4 Å². The highest BCUT2D eigenvalue weighted by Gasteiger charge is 2.16. The number of hydrogen-bond acceptors (Lipinski definition) is 2. The molecule has 2 heteroatoms. The van der Waals surface area contributed by atoms with Gasteiger partial charge < -0.3 is 9.47 Å². The van der Waals surface area contributed by atoms with Crippen LogP contribution in [0.25, 0.3) is 0 Å². The second-order valence-corrected chi connectivity index (χ2v) is 4.99. The van der Waals surface area contributed by atoms with Gasteiger partial charge in [-0.2, -0.15) is 0 Å². The number of hydrogen-bond donors (Lipinski definition) is 0. The normalized spacial score (nSPS) is 19.9. The van der Waals surface area contributed by atoms with E-state index >= 15 is 0 Å². The molecule has 0 aromatic rings. The van der Waals surface area contributed by atoms with Gasteiger partial charge in [0, 0.05) is 6.61 Å². The molecular formula is C14H28O2. The average Bonchev–Trinajstić information content (AvgIpc) is 2.30. The van der Waals surface area contributed by atoms with Crippen molar-refractivity contribution in [2.45, 2.75) is 77.4 Å². The number of unbranched alkanes of at least 4 members (excludes halogenated alkanes) is 2. The van der Waals surface area contributed by atoms with E-state index < -0.39 is 0 Å². The first-order chi connectivity index (χ1) is 7.83. The third-order valence-electron chi connectivity index (χ3n) is 3.22. The molecule has 2 nitrogen and oxygen atoms in total. The van der Waals surface area contributed by atoms with Gasteiger partial charge in [-0.15, -0.1) is 0 Å². The highest BCUT2D eigenvalue weighted by Crippen LogP contribution is 2.21. The predicted octanol–water partition coefficient (Wildman–Crippen LogP) is 3.93. The van der Waals surface area contributed by atoms with Gasteiger partial charge in [0.25, 0.3) is 0 Å². The SMILES string of the molecule is CCCCCOCC(C)OC1CCCCC1. The Morgan fingerprint density at radius 3 is 2.56 bits per heavy atom. The van der Waals surface area contributed by atoms with Crippen molar-refractivity contribution >= 4 is 0 Å². The van der Waals surface area contributed by atoms with Crippen LogP contribution in [0.5, 0.6) is 0 Å². The first-order valence-electron chi connectivity index (χ1n) is 7.06. The van der Waals surface area contributed by atoms with Crippen LogP contribution in [0, 0.1) is 0 Å². The zero-order chi connectivity index (χ0) is 11.6. The lowest BCUT2D eigenvalue weighted by atomic mass is 9.98. The summed E-state index contributed by atoms with van der Waals surface area (Å²) in [5.74, 6) is 0. The van der Waals surface area contributed by atoms with Crippen molar-refractivity contribution in [3.8, 4) is 0 Å². The molecule has 1 saturated carbocycles. The summed E-state index contributed by atoms with van der Waals surface area (Å²) in [7, 11) is 0. The highest BCUT2D eigenvalue weighted by molar-refractivity contribution is 4.66. The molecule has 0 aromatic carbocycles. The van der Waals surface area contributed by atoms with Crippen LogP contribution in [0.15, 0.2) is 0 Å². The van der Waals surface area contributed by atoms with E-state index in [-0.39, 0.29) is 6.10 Å². The Bertz CT molecular complexity index is 153. The van der Waals surface area contributed by atoms with Crippen LogP contribution in [0.2, 0.25) is 0 Å². The molecule has 0 amide bonds. The number of ether oxygens (including phenoxy) is 2. The third-order valence-corrected chi connectivity index (χ3v) is 3.22. The van der Waals surface area contributed by atoms with E-state index in [0.29, 0.717) is 6.10 Å². The van der Waals surface area contributed by atoms with Gasteiger partial charge in [0.1, 0.15) is 0 Å². The monoisotopic (exact) mass is 228 g/mol. The van der Waals surface area contributed by atoms with Crippen LogP contribution in [0.3, 0.4) is 0 Å². The summed E-state index contributed by atoms with van der Waals surface area (Å²) in [6.07, 6.45) is 11.1. The van der Waals surface area contributed by atoms with Crippen molar-refractivity contribution in [2.24, 2.45) is 0 Å². The molecule has 96 valence electrons. The Hall–Kier alpha value is -0.0800. The predicted molar refractivity (Wildman–Crippen MR) is 67.8 cm³/mol. The number of rotatable bonds is 8. The van der Waals surface area contributed by atoms with Crippen molar-refractivity contribution in [3.63, 3.8) is 0 Å². The lowest BCUT2D eigenvalue weighted by molar-refractivity contribution is -0.0602. The van der Waals surface area contributed by atoms with E-state index in [1.54, 1.807) is 0 Å². The lowest BCUT2D eigenvalue weighted by Crippen LogP contribution is -2.25. The van der Waals surface area contributed by atoms with Crippen molar-refractivity contribution in [3.05, 3.63) is 0 Å². The quantitative estimate of drug-likeness (QED) is 0.586. The molecule has 0 spiro atoms. The first-order valence-corrected chi connectivity index (χ1v) is 7.06. The minimum atomic E-state index is 0.268. The molecule has 1 atom stereocenters. The Morgan fingerprint density at radius 1 is 1.12 bits per heavy atom. The van der Waals surface area contributed by atoms with Gasteiger partial charge in [-0.05, 0) is 26.2 Å². The van der Waals surface area contributed by atoms with Crippen LogP contribution in [0.4, 0.5) is 0 Å². The van der Waals surface area contributed by atoms with Crippen LogP contribution in [0.1, 0.15) is 65.2 Å². The molecule has 1 aliphatic rings. The Balaban J connectivity index is 1.95. The maximum atomic E-state index is 5.97. The zero-order valence-corrected chi connectivity index (χ0v) is 11.0. The molecule has 0 saturated heterocycles. The zero-order valence-electron chi connectivity index (χ0n) is 11.0. The molecule has 1 unspecified atom stereocenters. The third kappa shape index (κ3) is 6.49. The van der Waals surface area contributed by atoms with E-state index in [4.69, 9.17) is 9.47 Å². The molecule has 1 fully saturated rings. The van der Waals surface area contributed by atoms with Gasteiger partial charge in [0.05, 0.1) is 18.8 Å². The van der Waals surface area contributed by atoms with Crippen LogP contribution >= 0.6 is 0 Å². The molecule has 1 aliphatic carbocycles. The van der Waals surface area contributed by atoms with Crippen LogP contribution in [-0.2, 0) is 9.47 Å². The summed E-state index contributed by atoms with van der Waals surface area (Å²) in [5.41, 5.74) is 0. The molecule has 0 aromatic heterocycles. The first kappa shape index (κ1) is 14.0. The van der Waals surface area contributed by atoms with Gasteiger partial charge in [0.2, 0.25) is 0 Å². The molecule has 1 rings (SSSR count). The maximum absolute atomic E-state index is 5.97. The Kier molecular flexibility index (Phi) is 7.87. The van der Waals surface area contributed by atoms with E-state index in [1.165, 1.54) is 51.4 Å². The standard InChI is InChI=1S/C14H28O2/c1-3-4-8-11-15-12-13(2)16-14-9-6-5-7-10-14/h13-14H,3-12H2,1-2H3. The fraction of sp³-hybridized carbons (Fsp3) is 1.00. The van der Waals surface area contributed by atoms with E-state index in [9.17, 15) is 0 Å². The van der Waals surface area contributed by atoms with E-state index in [2.05, 4.69) is 13.8 Å². The minimum absolute atomic E-state index is 0.268. The summed E-state index contributed by atoms with van der Waals surface area (Å²) in [6.45, 7) is 6.01. The van der Waals surface area contributed by atoms with Gasteiger partial charge in [-0.25, -0.2) is 0 Å². The summed E-state index contributed by atoms with van der Waals surface area (Å²) in [5, 5.41) is 0. The topological polar surface area (TPSA) is 18.5 Å². The summed E-state index contributed by atoms with van der Waals surface area (Å²) in [6, 6.07) is 0. The molecule has 0 radical (unpaired) electrons. The van der Waals surface area contributed by atoms with Crippen molar-refractivity contribution in [2.75, 3.05) is 13.2 Å². The van der Waals surface area contributed by atoms with Gasteiger partial charge >= 0.3 is 0 Å². The molecule has 0 aliphatic heterocycles. The van der Waals surface area contributed by atoms with E-state index in [1.807, 2.05) is 0 Å². The molecule has 16 heavy (non-hydrogen) atoms. The molecular weight excluding hydrogens is 200 g/mol. The van der Waals surface area contributed by atoms with Crippen molar-refractivity contribution in [1.29, 1.82) is 0 Å². The Morgan fingerprint density at radius 2 is 1.88 bits per heavy atom. The average molecular weight is 228 g/mol. The van der Waals surface area contributed by atoms with Gasteiger partial charge in [-0.3, -0.25) is 0 Å². The van der Waals surface area contributed by atoms with Crippen molar-refractivity contribution < 1.29 is 9.47 Å². The maximum Gasteiger partial charge on any atom is 0.0784 e. The van der Waals surface area contributed by atoms with Gasteiger partial charge in [0.15, 0.2) is 0 Å². The lowest BCUT2D eigenvalue weighted by Gasteiger charge is -2.25. The second-order valence-electron chi connectivity index (χ2n) is 4.99. The minimum Gasteiger partial charge on any atom is -0.379 e. The van der Waals surface area contributed by atoms with Crippen LogP contribution < -0.4 is 0 Å². The molecule has 0 N–H and O–H groups in total. The highest BCUT2D eigenvalue weighted by atomic mass is 16.5. The smallest absolute Gasteiger partial charge is 0.0784 e.